The monoisotopic (exact) mass is 276 g/mol. The van der Waals surface area contributed by atoms with Gasteiger partial charge in [0.05, 0.1) is 17.2 Å². The van der Waals surface area contributed by atoms with Crippen LogP contribution in [0.2, 0.25) is 0 Å². The van der Waals surface area contributed by atoms with E-state index in [1.807, 2.05) is 11.8 Å². The predicted molar refractivity (Wildman–Crippen MR) is 78.1 cm³/mol. The first-order valence-electron chi connectivity index (χ1n) is 6.65. The summed E-state index contributed by atoms with van der Waals surface area (Å²) in [4.78, 5) is 25.0. The van der Waals surface area contributed by atoms with E-state index >= 15 is 0 Å². The van der Waals surface area contributed by atoms with Crippen molar-refractivity contribution in [1.29, 1.82) is 0 Å². The quantitative estimate of drug-likeness (QED) is 0.695. The van der Waals surface area contributed by atoms with E-state index < -0.39 is 5.91 Å². The van der Waals surface area contributed by atoms with Crippen molar-refractivity contribution in [1.82, 2.24) is 0 Å². The number of nitrogen functional groups attached to an aromatic ring is 1. The molecule has 6 N–H and O–H groups in total. The molecule has 0 saturated carbocycles. The lowest BCUT2D eigenvalue weighted by atomic mass is 9.91. The maximum absolute atomic E-state index is 11.6. The Morgan fingerprint density at radius 3 is 2.55 bits per heavy atom. The van der Waals surface area contributed by atoms with Crippen LogP contribution in [0.4, 0.5) is 11.4 Å². The molecule has 0 radical (unpaired) electrons. The molecule has 6 heteroatoms. The fraction of sp³-hybridized carbons (Fsp3) is 0.429. The lowest BCUT2D eigenvalue weighted by molar-refractivity contribution is -0.122. The molecule has 2 unspecified atom stereocenters. The van der Waals surface area contributed by atoms with Crippen LogP contribution in [0.1, 0.15) is 30.1 Å². The zero-order valence-corrected chi connectivity index (χ0v) is 11.5. The van der Waals surface area contributed by atoms with Crippen LogP contribution in [-0.4, -0.2) is 24.4 Å². The molecule has 0 aliphatic carbocycles. The second-order valence-electron chi connectivity index (χ2n) is 5.32. The molecule has 1 aromatic rings. The Kier molecular flexibility index (Phi) is 3.83. The number of amides is 2. The van der Waals surface area contributed by atoms with Crippen molar-refractivity contribution in [2.24, 2.45) is 17.4 Å². The third kappa shape index (κ3) is 2.68. The van der Waals surface area contributed by atoms with E-state index in [4.69, 9.17) is 17.2 Å². The minimum absolute atomic E-state index is 0.200. The Morgan fingerprint density at radius 1 is 1.25 bits per heavy atom. The summed E-state index contributed by atoms with van der Waals surface area (Å²) in [5, 5.41) is 0. The maximum Gasteiger partial charge on any atom is 0.250 e. The van der Waals surface area contributed by atoms with E-state index in [0.717, 1.165) is 12.8 Å². The van der Waals surface area contributed by atoms with Gasteiger partial charge < -0.3 is 22.1 Å². The second kappa shape index (κ2) is 5.40. The van der Waals surface area contributed by atoms with Crippen LogP contribution in [0.15, 0.2) is 18.2 Å². The largest absolute Gasteiger partial charge is 0.399 e. The summed E-state index contributed by atoms with van der Waals surface area (Å²) in [6.07, 6.45) is 1.60. The topological polar surface area (TPSA) is 115 Å². The van der Waals surface area contributed by atoms with E-state index in [0.29, 0.717) is 23.5 Å². The van der Waals surface area contributed by atoms with E-state index in [1.54, 1.807) is 18.2 Å². The molecule has 1 aromatic carbocycles. The molecule has 6 nitrogen and oxygen atoms in total. The summed E-state index contributed by atoms with van der Waals surface area (Å²) in [5.74, 6) is -1.03. The zero-order valence-electron chi connectivity index (χ0n) is 11.5. The van der Waals surface area contributed by atoms with Crippen LogP contribution in [0.5, 0.6) is 0 Å². The minimum atomic E-state index is -0.506. The van der Waals surface area contributed by atoms with E-state index in [9.17, 15) is 9.59 Å². The summed E-state index contributed by atoms with van der Waals surface area (Å²) in [6.45, 7) is 2.53. The van der Waals surface area contributed by atoms with Crippen molar-refractivity contribution in [2.45, 2.75) is 25.8 Å². The lowest BCUT2D eigenvalue weighted by Gasteiger charge is -2.39. The number of hydrogen-bond acceptors (Lipinski definition) is 4. The highest BCUT2D eigenvalue weighted by molar-refractivity contribution is 5.99. The van der Waals surface area contributed by atoms with Gasteiger partial charge in [-0.1, -0.05) is 0 Å². The first-order chi connectivity index (χ1) is 9.40. The number of primary amides is 2. The van der Waals surface area contributed by atoms with Crippen molar-refractivity contribution in [2.75, 3.05) is 17.2 Å². The molecule has 2 atom stereocenters. The van der Waals surface area contributed by atoms with Gasteiger partial charge in [-0.3, -0.25) is 9.59 Å². The number of nitrogens with two attached hydrogens (primary N) is 3. The molecule has 1 aliphatic heterocycles. The van der Waals surface area contributed by atoms with Crippen molar-refractivity contribution < 1.29 is 9.59 Å². The first kappa shape index (κ1) is 14.2. The zero-order chi connectivity index (χ0) is 14.9. The van der Waals surface area contributed by atoms with E-state index in [1.165, 1.54) is 0 Å². The van der Waals surface area contributed by atoms with Crippen LogP contribution in [0.3, 0.4) is 0 Å². The third-order valence-electron chi connectivity index (χ3n) is 3.88. The van der Waals surface area contributed by atoms with Crippen molar-refractivity contribution in [3.8, 4) is 0 Å². The van der Waals surface area contributed by atoms with Gasteiger partial charge in [0.2, 0.25) is 5.91 Å². The van der Waals surface area contributed by atoms with Crippen molar-refractivity contribution in [3.05, 3.63) is 23.8 Å². The molecule has 108 valence electrons. The van der Waals surface area contributed by atoms with E-state index in [2.05, 4.69) is 0 Å². The maximum atomic E-state index is 11.6. The molecule has 1 heterocycles. The highest BCUT2D eigenvalue weighted by atomic mass is 16.1. The Hall–Kier alpha value is -2.24. The molecule has 1 saturated heterocycles. The highest BCUT2D eigenvalue weighted by Gasteiger charge is 2.30. The van der Waals surface area contributed by atoms with Gasteiger partial charge in [0.25, 0.3) is 5.91 Å². The normalized spacial score (nSPS) is 22.6. The molecule has 1 fully saturated rings. The second-order valence-corrected chi connectivity index (χ2v) is 5.32. The fourth-order valence-electron chi connectivity index (χ4n) is 2.67. The molecule has 1 aliphatic rings. The smallest absolute Gasteiger partial charge is 0.250 e. The molecule has 0 aromatic heterocycles. The van der Waals surface area contributed by atoms with Gasteiger partial charge in [-0.2, -0.15) is 0 Å². The van der Waals surface area contributed by atoms with Gasteiger partial charge in [-0.15, -0.1) is 0 Å². The lowest BCUT2D eigenvalue weighted by Crippen LogP contribution is -2.46. The van der Waals surface area contributed by atoms with Crippen molar-refractivity contribution in [3.63, 3.8) is 0 Å². The molecule has 2 amide bonds. The number of hydrogen-bond donors (Lipinski definition) is 3. The summed E-state index contributed by atoms with van der Waals surface area (Å²) in [7, 11) is 0. The molecular weight excluding hydrogens is 256 g/mol. The fourth-order valence-corrected chi connectivity index (χ4v) is 2.67. The molecule has 2 rings (SSSR count). The number of piperidine rings is 1. The number of carbonyl (C=O) groups excluding carboxylic acids is 2. The first-order valence-corrected chi connectivity index (χ1v) is 6.65. The Labute approximate surface area is 117 Å². The van der Waals surface area contributed by atoms with Crippen molar-refractivity contribution >= 4 is 23.2 Å². The van der Waals surface area contributed by atoms with Gasteiger partial charge >= 0.3 is 0 Å². The molecule has 0 bridgehead atoms. The number of carbonyl (C=O) groups is 2. The van der Waals surface area contributed by atoms with Crippen LogP contribution < -0.4 is 22.1 Å². The van der Waals surface area contributed by atoms with Crippen LogP contribution in [-0.2, 0) is 4.79 Å². The van der Waals surface area contributed by atoms with Gasteiger partial charge in [0, 0.05) is 18.3 Å². The van der Waals surface area contributed by atoms with E-state index in [-0.39, 0.29) is 17.9 Å². The molecular formula is C14H20N4O2. The third-order valence-corrected chi connectivity index (χ3v) is 3.88. The van der Waals surface area contributed by atoms with Crippen LogP contribution in [0.25, 0.3) is 0 Å². The Balaban J connectivity index is 2.40. The molecule has 20 heavy (non-hydrogen) atoms. The summed E-state index contributed by atoms with van der Waals surface area (Å²) < 4.78 is 0. The minimum Gasteiger partial charge on any atom is -0.399 e. The summed E-state index contributed by atoms with van der Waals surface area (Å²) in [6, 6.07) is 5.18. The average molecular weight is 276 g/mol. The van der Waals surface area contributed by atoms with Gasteiger partial charge in [-0.25, -0.2) is 0 Å². The summed E-state index contributed by atoms with van der Waals surface area (Å²) in [5.41, 5.74) is 18.3. The van der Waals surface area contributed by atoms with Gasteiger partial charge in [0.1, 0.15) is 0 Å². The predicted octanol–water partition coefficient (Wildman–Crippen LogP) is 0.458. The summed E-state index contributed by atoms with van der Waals surface area (Å²) >= 11 is 0. The number of benzene rings is 1. The number of anilines is 2. The SMILES string of the molecule is CC1CCC(C(N)=O)CN1c1cc(N)ccc1C(N)=O. The Bertz CT molecular complexity index is 544. The van der Waals surface area contributed by atoms with Crippen LogP contribution in [0, 0.1) is 5.92 Å². The number of rotatable bonds is 3. The van der Waals surface area contributed by atoms with Crippen LogP contribution >= 0.6 is 0 Å². The Morgan fingerprint density at radius 2 is 1.95 bits per heavy atom. The molecule has 0 spiro atoms. The standard InChI is InChI=1S/C14H20N4O2/c1-8-2-3-9(13(16)19)7-18(8)12-6-10(15)4-5-11(12)14(17)20/h4-6,8-9H,2-3,7,15H2,1H3,(H2,16,19)(H2,17,20). The highest BCUT2D eigenvalue weighted by Crippen LogP contribution is 2.31. The van der Waals surface area contributed by atoms with Gasteiger partial charge in [0.15, 0.2) is 0 Å². The van der Waals surface area contributed by atoms with Gasteiger partial charge in [-0.05, 0) is 38.0 Å². The average Bonchev–Trinajstić information content (AvgIpc) is 2.38. The number of nitrogens with zero attached hydrogens (tertiary/aromatic N) is 1.